The van der Waals surface area contributed by atoms with Crippen LogP contribution in [0.25, 0.3) is 11.0 Å². The lowest BCUT2D eigenvalue weighted by Gasteiger charge is -2.13. The topological polar surface area (TPSA) is 29.9 Å². The van der Waals surface area contributed by atoms with Crippen LogP contribution in [0.1, 0.15) is 32.5 Å². The van der Waals surface area contributed by atoms with E-state index in [0.717, 1.165) is 36.5 Å². The fourth-order valence-corrected chi connectivity index (χ4v) is 2.28. The van der Waals surface area contributed by atoms with E-state index in [1.165, 1.54) is 6.07 Å². The number of benzene rings is 1. The van der Waals surface area contributed by atoms with Crippen molar-refractivity contribution in [2.75, 3.05) is 13.1 Å². The summed E-state index contributed by atoms with van der Waals surface area (Å²) in [6.07, 6.45) is 0. The maximum absolute atomic E-state index is 13.3. The molecule has 0 aliphatic carbocycles. The molecule has 1 atom stereocenters. The first-order chi connectivity index (χ1) is 8.67. The van der Waals surface area contributed by atoms with Crippen molar-refractivity contribution in [3.05, 3.63) is 29.8 Å². The molecule has 1 aromatic carbocycles. The van der Waals surface area contributed by atoms with Crippen LogP contribution in [0.2, 0.25) is 0 Å². The minimum absolute atomic E-state index is 0.206. The van der Waals surface area contributed by atoms with Crippen LogP contribution >= 0.6 is 0 Å². The van der Waals surface area contributed by atoms with E-state index in [1.807, 2.05) is 0 Å². The SMILES string of the molecule is CCNCC(C)c1nc2ccc(F)cc2n1CC. The van der Waals surface area contributed by atoms with Gasteiger partial charge in [0.05, 0.1) is 11.0 Å². The Hall–Kier alpha value is -1.42. The van der Waals surface area contributed by atoms with Gasteiger partial charge in [-0.2, -0.15) is 0 Å². The van der Waals surface area contributed by atoms with E-state index in [1.54, 1.807) is 12.1 Å². The highest BCUT2D eigenvalue weighted by Crippen LogP contribution is 2.22. The molecule has 0 saturated heterocycles. The number of imidazole rings is 1. The Balaban J connectivity index is 2.43. The molecule has 0 aliphatic heterocycles. The van der Waals surface area contributed by atoms with Crippen LogP contribution in [-0.4, -0.2) is 22.6 Å². The standard InChI is InChI=1S/C14H20FN3/c1-4-16-9-10(3)14-17-12-7-6-11(15)8-13(12)18(14)5-2/h6-8,10,16H,4-5,9H2,1-3H3. The fourth-order valence-electron chi connectivity index (χ4n) is 2.28. The molecule has 1 aromatic heterocycles. The van der Waals surface area contributed by atoms with E-state index in [9.17, 15) is 4.39 Å². The maximum atomic E-state index is 13.3. The molecule has 2 rings (SSSR count). The molecular weight excluding hydrogens is 229 g/mol. The molecule has 4 heteroatoms. The summed E-state index contributed by atoms with van der Waals surface area (Å²) in [4.78, 5) is 4.63. The smallest absolute Gasteiger partial charge is 0.125 e. The fraction of sp³-hybridized carbons (Fsp3) is 0.500. The van der Waals surface area contributed by atoms with Crippen molar-refractivity contribution in [2.24, 2.45) is 0 Å². The van der Waals surface area contributed by atoms with Crippen molar-refractivity contribution < 1.29 is 4.39 Å². The van der Waals surface area contributed by atoms with Crippen LogP contribution in [-0.2, 0) is 6.54 Å². The molecule has 3 nitrogen and oxygen atoms in total. The number of hydrogen-bond donors (Lipinski definition) is 1. The van der Waals surface area contributed by atoms with Gasteiger partial charge in [0.25, 0.3) is 0 Å². The third-order valence-electron chi connectivity index (χ3n) is 3.20. The summed E-state index contributed by atoms with van der Waals surface area (Å²) in [6.45, 7) is 8.95. The third-order valence-corrected chi connectivity index (χ3v) is 3.20. The predicted molar refractivity (Wildman–Crippen MR) is 72.3 cm³/mol. The summed E-state index contributed by atoms with van der Waals surface area (Å²) in [5, 5.41) is 3.33. The number of halogens is 1. The normalized spacial score (nSPS) is 13.1. The van der Waals surface area contributed by atoms with Gasteiger partial charge < -0.3 is 9.88 Å². The van der Waals surface area contributed by atoms with E-state index in [2.05, 4.69) is 35.6 Å². The van der Waals surface area contributed by atoms with E-state index >= 15 is 0 Å². The Morgan fingerprint density at radius 2 is 2.17 bits per heavy atom. The Kier molecular flexibility index (Phi) is 3.97. The molecule has 18 heavy (non-hydrogen) atoms. The summed E-state index contributed by atoms with van der Waals surface area (Å²) < 4.78 is 15.4. The van der Waals surface area contributed by atoms with Crippen LogP contribution in [0.3, 0.4) is 0 Å². The van der Waals surface area contributed by atoms with Crippen LogP contribution in [0.4, 0.5) is 4.39 Å². The highest BCUT2D eigenvalue weighted by molar-refractivity contribution is 5.76. The number of aryl methyl sites for hydroxylation is 1. The number of likely N-dealkylation sites (N-methyl/N-ethyl adjacent to an activating group) is 1. The zero-order valence-corrected chi connectivity index (χ0v) is 11.2. The van der Waals surface area contributed by atoms with Crippen LogP contribution in [0, 0.1) is 5.82 Å². The van der Waals surface area contributed by atoms with Crippen molar-refractivity contribution in [3.8, 4) is 0 Å². The average Bonchev–Trinajstić information content (AvgIpc) is 2.73. The zero-order chi connectivity index (χ0) is 13.1. The number of rotatable bonds is 5. The minimum atomic E-state index is -0.206. The predicted octanol–water partition coefficient (Wildman–Crippen LogP) is 2.91. The highest BCUT2D eigenvalue weighted by atomic mass is 19.1. The first-order valence-corrected chi connectivity index (χ1v) is 6.53. The largest absolute Gasteiger partial charge is 0.328 e. The van der Waals surface area contributed by atoms with Crippen molar-refractivity contribution in [1.29, 1.82) is 0 Å². The first kappa shape index (κ1) is 13.0. The lowest BCUT2D eigenvalue weighted by molar-refractivity contribution is 0.576. The molecular formula is C14H20FN3. The molecule has 0 saturated carbocycles. The Bertz CT molecular complexity index is 533. The molecule has 0 spiro atoms. The van der Waals surface area contributed by atoms with Gasteiger partial charge in [0.15, 0.2) is 0 Å². The molecule has 0 aliphatic rings. The van der Waals surface area contributed by atoms with Crippen molar-refractivity contribution >= 4 is 11.0 Å². The monoisotopic (exact) mass is 249 g/mol. The Morgan fingerprint density at radius 3 is 2.83 bits per heavy atom. The molecule has 1 N–H and O–H groups in total. The summed E-state index contributed by atoms with van der Waals surface area (Å²) in [6, 6.07) is 4.78. The van der Waals surface area contributed by atoms with Gasteiger partial charge in [0, 0.05) is 19.0 Å². The average molecular weight is 249 g/mol. The van der Waals surface area contributed by atoms with Crippen LogP contribution < -0.4 is 5.32 Å². The summed E-state index contributed by atoms with van der Waals surface area (Å²) in [5.41, 5.74) is 1.76. The Morgan fingerprint density at radius 1 is 1.39 bits per heavy atom. The van der Waals surface area contributed by atoms with Gasteiger partial charge in [-0.25, -0.2) is 9.37 Å². The van der Waals surface area contributed by atoms with Crippen molar-refractivity contribution in [1.82, 2.24) is 14.9 Å². The summed E-state index contributed by atoms with van der Waals surface area (Å²) in [5.74, 6) is 1.14. The molecule has 2 aromatic rings. The second-order valence-electron chi connectivity index (χ2n) is 4.56. The number of nitrogens with zero attached hydrogens (tertiary/aromatic N) is 2. The van der Waals surface area contributed by atoms with E-state index in [0.29, 0.717) is 5.92 Å². The van der Waals surface area contributed by atoms with E-state index in [4.69, 9.17) is 0 Å². The number of nitrogens with one attached hydrogen (secondary N) is 1. The third kappa shape index (κ3) is 2.38. The molecule has 1 unspecified atom stereocenters. The van der Waals surface area contributed by atoms with Crippen molar-refractivity contribution in [3.63, 3.8) is 0 Å². The molecule has 0 fully saturated rings. The summed E-state index contributed by atoms with van der Waals surface area (Å²) >= 11 is 0. The lowest BCUT2D eigenvalue weighted by atomic mass is 10.1. The molecule has 1 heterocycles. The van der Waals surface area contributed by atoms with Gasteiger partial charge in [0.2, 0.25) is 0 Å². The van der Waals surface area contributed by atoms with Gasteiger partial charge in [-0.15, -0.1) is 0 Å². The van der Waals surface area contributed by atoms with Gasteiger partial charge in [-0.3, -0.25) is 0 Å². The quantitative estimate of drug-likeness (QED) is 0.883. The first-order valence-electron chi connectivity index (χ1n) is 6.53. The molecule has 0 bridgehead atoms. The van der Waals surface area contributed by atoms with E-state index < -0.39 is 0 Å². The van der Waals surface area contributed by atoms with Crippen LogP contribution in [0.15, 0.2) is 18.2 Å². The number of hydrogen-bond acceptors (Lipinski definition) is 2. The van der Waals surface area contributed by atoms with Gasteiger partial charge >= 0.3 is 0 Å². The molecule has 0 radical (unpaired) electrons. The van der Waals surface area contributed by atoms with Gasteiger partial charge in [0.1, 0.15) is 11.6 Å². The van der Waals surface area contributed by atoms with Crippen molar-refractivity contribution in [2.45, 2.75) is 33.2 Å². The molecule has 0 amide bonds. The maximum Gasteiger partial charge on any atom is 0.125 e. The molecule has 98 valence electrons. The zero-order valence-electron chi connectivity index (χ0n) is 11.2. The van der Waals surface area contributed by atoms with Crippen LogP contribution in [0.5, 0.6) is 0 Å². The van der Waals surface area contributed by atoms with Gasteiger partial charge in [-0.05, 0) is 31.7 Å². The Labute approximate surface area is 107 Å². The minimum Gasteiger partial charge on any atom is -0.328 e. The van der Waals surface area contributed by atoms with Gasteiger partial charge in [-0.1, -0.05) is 13.8 Å². The number of aromatic nitrogens is 2. The highest BCUT2D eigenvalue weighted by Gasteiger charge is 2.15. The lowest BCUT2D eigenvalue weighted by Crippen LogP contribution is -2.21. The van der Waals surface area contributed by atoms with E-state index in [-0.39, 0.29) is 5.82 Å². The number of fused-ring (bicyclic) bond motifs is 1. The second-order valence-corrected chi connectivity index (χ2v) is 4.56. The summed E-state index contributed by atoms with van der Waals surface area (Å²) in [7, 11) is 0. The second kappa shape index (κ2) is 5.48.